The predicted molar refractivity (Wildman–Crippen MR) is 115 cm³/mol. The molecule has 1 aromatic heterocycles. The molecule has 9 nitrogen and oxygen atoms in total. The smallest absolute Gasteiger partial charge is 0.288 e. The lowest BCUT2D eigenvalue weighted by atomic mass is 9.95. The first-order valence-electron chi connectivity index (χ1n) is 10.5. The lowest BCUT2D eigenvalue weighted by molar-refractivity contribution is -0.385. The monoisotopic (exact) mass is 444 g/mol. The highest BCUT2D eigenvalue weighted by atomic mass is 16.7. The molecule has 9 heteroatoms. The van der Waals surface area contributed by atoms with Crippen LogP contribution >= 0.6 is 0 Å². The molecule has 172 valence electrons. The predicted octanol–water partition coefficient (Wildman–Crippen LogP) is 0.523. The van der Waals surface area contributed by atoms with Crippen LogP contribution in [0.4, 0.5) is 0 Å². The highest BCUT2D eigenvalue weighted by Crippen LogP contribution is 2.37. The van der Waals surface area contributed by atoms with Crippen molar-refractivity contribution in [1.29, 1.82) is 0 Å². The van der Waals surface area contributed by atoms with Crippen LogP contribution in [0.15, 0.2) is 36.4 Å². The fourth-order valence-corrected chi connectivity index (χ4v) is 3.99. The summed E-state index contributed by atoms with van der Waals surface area (Å²) in [6.45, 7) is 3.26. The molecule has 4 rings (SSSR count). The number of aliphatic hydroxyl groups is 5. The number of benzene rings is 2. The fourth-order valence-electron chi connectivity index (χ4n) is 3.99. The minimum Gasteiger partial charge on any atom is -0.453 e. The molecule has 0 unspecified atom stereocenters. The minimum atomic E-state index is -2.66. The highest BCUT2D eigenvalue weighted by Gasteiger charge is 2.57. The summed E-state index contributed by atoms with van der Waals surface area (Å²) in [7, 11) is 0. The molecular formula is C23H28N2O7. The van der Waals surface area contributed by atoms with E-state index in [2.05, 4.69) is 29.3 Å². The number of aromatic nitrogens is 2. The van der Waals surface area contributed by atoms with Gasteiger partial charge in [0.2, 0.25) is 6.29 Å². The van der Waals surface area contributed by atoms with Gasteiger partial charge in [0.1, 0.15) is 18.0 Å². The molecule has 2 heterocycles. The molecule has 2 aromatic carbocycles. The van der Waals surface area contributed by atoms with Crippen LogP contribution in [0.2, 0.25) is 0 Å². The molecule has 0 aliphatic carbocycles. The molecule has 3 aromatic rings. The summed E-state index contributed by atoms with van der Waals surface area (Å²) >= 11 is 0. The molecule has 6 N–H and O–H groups in total. The molecule has 1 saturated heterocycles. The number of hydrogen-bond donors (Lipinski definition) is 6. The van der Waals surface area contributed by atoms with Crippen LogP contribution in [-0.2, 0) is 17.6 Å². The maximum absolute atomic E-state index is 11.0. The van der Waals surface area contributed by atoms with E-state index in [9.17, 15) is 25.5 Å². The molecule has 5 atom stereocenters. The Balaban J connectivity index is 1.71. The quantitative estimate of drug-likeness (QED) is 0.302. The van der Waals surface area contributed by atoms with Crippen molar-refractivity contribution in [2.24, 2.45) is 0 Å². The SMILES string of the molecule is CCc1ccc(Cc2n[nH]c3cc(C)cc(O[C@]4(O)[C@@H](O)O[C@H](CO)[C@@H](O)[C@@H]4O)c23)cc1. The first-order chi connectivity index (χ1) is 15.3. The number of ether oxygens (including phenoxy) is 2. The van der Waals surface area contributed by atoms with Gasteiger partial charge >= 0.3 is 0 Å². The minimum absolute atomic E-state index is 0.160. The van der Waals surface area contributed by atoms with E-state index in [1.165, 1.54) is 5.56 Å². The zero-order valence-electron chi connectivity index (χ0n) is 17.9. The number of H-pyrrole nitrogens is 1. The van der Waals surface area contributed by atoms with Crippen LogP contribution in [0.3, 0.4) is 0 Å². The van der Waals surface area contributed by atoms with Crippen molar-refractivity contribution in [1.82, 2.24) is 10.2 Å². The summed E-state index contributed by atoms with van der Waals surface area (Å²) in [5.74, 6) is -2.50. The zero-order chi connectivity index (χ0) is 23.0. The number of aromatic amines is 1. The Labute approximate surface area is 184 Å². The normalized spacial score (nSPS) is 28.2. The van der Waals surface area contributed by atoms with E-state index in [0.29, 0.717) is 23.0 Å². The van der Waals surface area contributed by atoms with Gasteiger partial charge < -0.3 is 35.0 Å². The molecule has 0 saturated carbocycles. The number of rotatable bonds is 6. The van der Waals surface area contributed by atoms with Gasteiger partial charge in [-0.25, -0.2) is 0 Å². The van der Waals surface area contributed by atoms with E-state index in [0.717, 1.165) is 17.5 Å². The number of nitrogens with one attached hydrogen (secondary N) is 1. The standard InChI is InChI=1S/C23H28N2O7/c1-3-13-4-6-14(7-5-13)10-16-19-15(24-25-16)8-12(2)9-17(19)32-23(30)21(28)20(27)18(11-26)31-22(23)29/h4-9,18,20-22,26-30H,3,10-11H2,1-2H3,(H,24,25)/t18-,20-,21+,22+,23+/m1/s1. The first kappa shape index (κ1) is 22.7. The van der Waals surface area contributed by atoms with Crippen LogP contribution < -0.4 is 4.74 Å². The van der Waals surface area contributed by atoms with Gasteiger partial charge in [-0.2, -0.15) is 5.10 Å². The summed E-state index contributed by atoms with van der Waals surface area (Å²) in [6, 6.07) is 11.7. The summed E-state index contributed by atoms with van der Waals surface area (Å²) in [4.78, 5) is 0. The molecule has 32 heavy (non-hydrogen) atoms. The topological polar surface area (TPSA) is 148 Å². The van der Waals surface area contributed by atoms with Gasteiger partial charge in [0.15, 0.2) is 6.10 Å². The van der Waals surface area contributed by atoms with Crippen molar-refractivity contribution in [3.63, 3.8) is 0 Å². The van der Waals surface area contributed by atoms with Crippen molar-refractivity contribution < 1.29 is 35.0 Å². The largest absolute Gasteiger partial charge is 0.453 e. The van der Waals surface area contributed by atoms with Crippen molar-refractivity contribution >= 4 is 10.9 Å². The second kappa shape index (κ2) is 8.78. The van der Waals surface area contributed by atoms with Crippen LogP contribution in [-0.4, -0.2) is 72.7 Å². The van der Waals surface area contributed by atoms with Crippen molar-refractivity contribution in [3.05, 3.63) is 58.8 Å². The number of nitrogens with zero attached hydrogens (tertiary/aromatic N) is 1. The Morgan fingerprint density at radius 3 is 2.47 bits per heavy atom. The Hall–Kier alpha value is -2.53. The third kappa shape index (κ3) is 3.99. The third-order valence-electron chi connectivity index (χ3n) is 5.89. The number of aryl methyl sites for hydroxylation is 2. The summed E-state index contributed by atoms with van der Waals surface area (Å²) in [5, 5.41) is 59.1. The van der Waals surface area contributed by atoms with Gasteiger partial charge in [-0.05, 0) is 42.2 Å². The molecule has 1 aliphatic heterocycles. The molecule has 0 radical (unpaired) electrons. The van der Waals surface area contributed by atoms with Gasteiger partial charge in [-0.1, -0.05) is 31.2 Å². The molecule has 1 aliphatic rings. The molecule has 1 fully saturated rings. The second-order valence-electron chi connectivity index (χ2n) is 8.20. The second-order valence-corrected chi connectivity index (χ2v) is 8.20. The lowest BCUT2D eigenvalue weighted by Crippen LogP contribution is -2.69. The number of fused-ring (bicyclic) bond motifs is 1. The Kier molecular flexibility index (Phi) is 6.22. The third-order valence-corrected chi connectivity index (χ3v) is 5.89. The van der Waals surface area contributed by atoms with Gasteiger partial charge in [-0.3, -0.25) is 5.10 Å². The van der Waals surface area contributed by atoms with Crippen LogP contribution in [0, 0.1) is 6.92 Å². The van der Waals surface area contributed by atoms with E-state index in [1.54, 1.807) is 6.07 Å². The Morgan fingerprint density at radius 2 is 1.81 bits per heavy atom. The molecule has 0 spiro atoms. The zero-order valence-corrected chi connectivity index (χ0v) is 17.9. The maximum Gasteiger partial charge on any atom is 0.288 e. The van der Waals surface area contributed by atoms with E-state index >= 15 is 0 Å². The Morgan fingerprint density at radius 1 is 1.12 bits per heavy atom. The van der Waals surface area contributed by atoms with Gasteiger partial charge in [-0.15, -0.1) is 0 Å². The van der Waals surface area contributed by atoms with E-state index in [-0.39, 0.29) is 5.75 Å². The highest BCUT2D eigenvalue weighted by molar-refractivity contribution is 5.88. The van der Waals surface area contributed by atoms with E-state index in [1.807, 2.05) is 25.1 Å². The van der Waals surface area contributed by atoms with Crippen molar-refractivity contribution in [3.8, 4) is 5.75 Å². The van der Waals surface area contributed by atoms with Gasteiger partial charge in [0.05, 0.1) is 23.2 Å². The van der Waals surface area contributed by atoms with Crippen molar-refractivity contribution in [2.45, 2.75) is 57.1 Å². The molecule has 0 amide bonds. The van der Waals surface area contributed by atoms with E-state index < -0.39 is 37.0 Å². The average Bonchev–Trinajstić information content (AvgIpc) is 3.18. The lowest BCUT2D eigenvalue weighted by Gasteiger charge is -2.45. The molecular weight excluding hydrogens is 416 g/mol. The maximum atomic E-state index is 11.0. The average molecular weight is 444 g/mol. The van der Waals surface area contributed by atoms with Crippen molar-refractivity contribution in [2.75, 3.05) is 6.61 Å². The fraction of sp³-hybridized carbons (Fsp3) is 0.435. The number of hydrogen-bond acceptors (Lipinski definition) is 8. The van der Waals surface area contributed by atoms with Gasteiger partial charge in [0, 0.05) is 6.42 Å². The van der Waals surface area contributed by atoms with Crippen LogP contribution in [0.1, 0.15) is 29.3 Å². The molecule has 0 bridgehead atoms. The first-order valence-corrected chi connectivity index (χ1v) is 10.5. The van der Waals surface area contributed by atoms with Crippen LogP contribution in [0.5, 0.6) is 5.75 Å². The summed E-state index contributed by atoms with van der Waals surface area (Å²) < 4.78 is 10.8. The number of aliphatic hydroxyl groups excluding tert-OH is 4. The Bertz CT molecular complexity index is 1080. The van der Waals surface area contributed by atoms with Gasteiger partial charge in [0.25, 0.3) is 5.79 Å². The summed E-state index contributed by atoms with van der Waals surface area (Å²) in [5.41, 5.74) is 4.34. The van der Waals surface area contributed by atoms with Crippen LogP contribution in [0.25, 0.3) is 10.9 Å². The van der Waals surface area contributed by atoms with E-state index in [4.69, 9.17) is 9.47 Å². The summed E-state index contributed by atoms with van der Waals surface area (Å²) in [6.07, 6.45) is -5.46.